The molecule has 2 N–H and O–H groups in total. The van der Waals surface area contributed by atoms with Crippen LogP contribution in [0.5, 0.6) is 0 Å². The Hall–Kier alpha value is -2.17. The lowest BCUT2D eigenvalue weighted by Gasteiger charge is -2.14. The number of carbonyl (C=O) groups is 1. The molecule has 1 atom stereocenters. The van der Waals surface area contributed by atoms with E-state index in [4.69, 9.17) is 0 Å². The fraction of sp³-hybridized carbons (Fsp3) is 0.308. The van der Waals surface area contributed by atoms with Gasteiger partial charge < -0.3 is 10.3 Å². The number of aromatic nitrogens is 3. The first-order chi connectivity index (χ1) is 8.79. The second-order valence-electron chi connectivity index (χ2n) is 4.04. The summed E-state index contributed by atoms with van der Waals surface area (Å²) >= 11 is 0. The first kappa shape index (κ1) is 12.3. The van der Waals surface area contributed by atoms with Crippen LogP contribution in [-0.4, -0.2) is 20.9 Å². The number of rotatable bonds is 5. The van der Waals surface area contributed by atoms with Crippen molar-refractivity contribution in [2.24, 2.45) is 0 Å². The zero-order chi connectivity index (χ0) is 12.8. The van der Waals surface area contributed by atoms with Crippen LogP contribution >= 0.6 is 0 Å². The van der Waals surface area contributed by atoms with Crippen LogP contribution in [0.3, 0.4) is 0 Å². The lowest BCUT2D eigenvalue weighted by Crippen LogP contribution is -2.30. The second kappa shape index (κ2) is 5.95. The van der Waals surface area contributed by atoms with Crippen LogP contribution in [0.25, 0.3) is 0 Å². The van der Waals surface area contributed by atoms with Crippen LogP contribution in [-0.2, 0) is 11.2 Å². The van der Waals surface area contributed by atoms with Crippen molar-refractivity contribution in [1.82, 2.24) is 20.3 Å². The zero-order valence-corrected chi connectivity index (χ0v) is 10.3. The molecular weight excluding hydrogens is 228 g/mol. The van der Waals surface area contributed by atoms with E-state index in [9.17, 15) is 4.79 Å². The average Bonchev–Trinajstić information content (AvgIpc) is 2.91. The predicted molar refractivity (Wildman–Crippen MR) is 67.7 cm³/mol. The molecule has 0 aromatic carbocycles. The number of nitrogens with one attached hydrogen (secondary N) is 2. The minimum Gasteiger partial charge on any atom is -0.347 e. The largest absolute Gasteiger partial charge is 0.347 e. The van der Waals surface area contributed by atoms with E-state index < -0.39 is 0 Å². The first-order valence-electron chi connectivity index (χ1n) is 5.97. The minimum atomic E-state index is -0.0656. The summed E-state index contributed by atoms with van der Waals surface area (Å²) in [6.07, 6.45) is 7.97. The van der Waals surface area contributed by atoms with Crippen LogP contribution in [0.15, 0.2) is 36.9 Å². The molecule has 0 saturated heterocycles. The van der Waals surface area contributed by atoms with Gasteiger partial charge in [-0.25, -0.2) is 4.98 Å². The van der Waals surface area contributed by atoms with Crippen LogP contribution in [0, 0.1) is 0 Å². The maximum atomic E-state index is 11.9. The summed E-state index contributed by atoms with van der Waals surface area (Å²) in [7, 11) is 0. The topological polar surface area (TPSA) is 70.7 Å². The number of hydrogen-bond donors (Lipinski definition) is 2. The molecule has 5 nitrogen and oxygen atoms in total. The number of carbonyl (C=O) groups excluding carboxylic acids is 1. The van der Waals surface area contributed by atoms with Gasteiger partial charge in [0.1, 0.15) is 5.82 Å². The molecule has 2 rings (SSSR count). The van der Waals surface area contributed by atoms with E-state index in [1.54, 1.807) is 24.8 Å². The molecule has 2 heterocycles. The van der Waals surface area contributed by atoms with Gasteiger partial charge in [0.2, 0.25) is 5.91 Å². The molecule has 0 spiro atoms. The number of aromatic amines is 1. The van der Waals surface area contributed by atoms with Gasteiger partial charge in [0.25, 0.3) is 0 Å². The molecule has 5 heteroatoms. The van der Waals surface area contributed by atoms with Crippen molar-refractivity contribution in [3.8, 4) is 0 Å². The van der Waals surface area contributed by atoms with E-state index in [0.29, 0.717) is 6.42 Å². The smallest absolute Gasteiger partial charge is 0.225 e. The van der Waals surface area contributed by atoms with Crippen molar-refractivity contribution >= 4 is 5.91 Å². The number of H-pyrrole nitrogens is 1. The number of imidazole rings is 1. The molecule has 0 saturated carbocycles. The predicted octanol–water partition coefficient (Wildman–Crippen LogP) is 1.61. The molecule has 1 amide bonds. The van der Waals surface area contributed by atoms with Crippen molar-refractivity contribution in [3.63, 3.8) is 0 Å². The van der Waals surface area contributed by atoms with Gasteiger partial charge in [-0.1, -0.05) is 13.0 Å². The Bertz CT molecular complexity index is 481. The molecule has 2 aromatic heterocycles. The Balaban J connectivity index is 1.94. The van der Waals surface area contributed by atoms with Crippen LogP contribution in [0.2, 0.25) is 0 Å². The molecule has 18 heavy (non-hydrogen) atoms. The third-order valence-corrected chi connectivity index (χ3v) is 2.68. The molecule has 0 aliphatic heterocycles. The summed E-state index contributed by atoms with van der Waals surface area (Å²) in [5, 5.41) is 2.96. The fourth-order valence-corrected chi connectivity index (χ4v) is 1.77. The average molecular weight is 244 g/mol. The molecular formula is C13H16N4O. The normalized spacial score (nSPS) is 12.1. The molecule has 2 aromatic rings. The van der Waals surface area contributed by atoms with Crippen molar-refractivity contribution in [2.45, 2.75) is 25.8 Å². The highest BCUT2D eigenvalue weighted by molar-refractivity contribution is 5.78. The molecule has 0 bridgehead atoms. The lowest BCUT2D eigenvalue weighted by molar-refractivity contribution is -0.121. The molecule has 0 radical (unpaired) electrons. The number of nitrogens with zero attached hydrogens (tertiary/aromatic N) is 2. The summed E-state index contributed by atoms with van der Waals surface area (Å²) < 4.78 is 0. The van der Waals surface area contributed by atoms with Crippen LogP contribution in [0.1, 0.15) is 30.8 Å². The molecule has 0 fully saturated rings. The standard InChI is InChI=1S/C13H16N4O/c1-2-11(13-15-6-7-16-13)17-12(18)8-10-4-3-5-14-9-10/h3-7,9,11H,2,8H2,1H3,(H,15,16)(H,17,18). The van der Waals surface area contributed by atoms with Crippen molar-refractivity contribution in [2.75, 3.05) is 0 Å². The SMILES string of the molecule is CCC(NC(=O)Cc1cccnc1)c1ncc[nH]1. The van der Waals surface area contributed by atoms with Crippen LogP contribution in [0.4, 0.5) is 0 Å². The van der Waals surface area contributed by atoms with E-state index in [1.807, 2.05) is 19.1 Å². The zero-order valence-electron chi connectivity index (χ0n) is 10.3. The van der Waals surface area contributed by atoms with E-state index in [0.717, 1.165) is 17.8 Å². The van der Waals surface area contributed by atoms with E-state index in [2.05, 4.69) is 20.3 Å². The minimum absolute atomic E-state index is 0.0220. The third-order valence-electron chi connectivity index (χ3n) is 2.68. The highest BCUT2D eigenvalue weighted by Crippen LogP contribution is 2.11. The maximum Gasteiger partial charge on any atom is 0.225 e. The first-order valence-corrected chi connectivity index (χ1v) is 5.97. The summed E-state index contributed by atoms with van der Waals surface area (Å²) in [4.78, 5) is 23.1. The monoisotopic (exact) mass is 244 g/mol. The number of pyridine rings is 1. The van der Waals surface area contributed by atoms with Gasteiger partial charge in [0.15, 0.2) is 0 Å². The Labute approximate surface area is 106 Å². The Kier molecular flexibility index (Phi) is 4.06. The Morgan fingerprint density at radius 1 is 1.50 bits per heavy atom. The van der Waals surface area contributed by atoms with Crippen molar-refractivity contribution in [1.29, 1.82) is 0 Å². The number of amides is 1. The van der Waals surface area contributed by atoms with Gasteiger partial charge in [-0.05, 0) is 18.1 Å². The molecule has 0 aliphatic rings. The Morgan fingerprint density at radius 3 is 3.00 bits per heavy atom. The fourth-order valence-electron chi connectivity index (χ4n) is 1.77. The third kappa shape index (κ3) is 3.16. The quantitative estimate of drug-likeness (QED) is 0.839. The van der Waals surface area contributed by atoms with Crippen molar-refractivity contribution < 1.29 is 4.79 Å². The summed E-state index contributed by atoms with van der Waals surface area (Å²) in [6.45, 7) is 2.01. The van der Waals surface area contributed by atoms with Crippen LogP contribution < -0.4 is 5.32 Å². The number of hydrogen-bond acceptors (Lipinski definition) is 3. The second-order valence-corrected chi connectivity index (χ2v) is 4.04. The van der Waals surface area contributed by atoms with Gasteiger partial charge in [0.05, 0.1) is 12.5 Å². The molecule has 94 valence electrons. The summed E-state index contributed by atoms with van der Waals surface area (Å²) in [5.41, 5.74) is 0.907. The van der Waals surface area contributed by atoms with E-state index in [1.165, 1.54) is 0 Å². The van der Waals surface area contributed by atoms with Gasteiger partial charge in [0, 0.05) is 24.8 Å². The van der Waals surface area contributed by atoms with Gasteiger partial charge in [-0.15, -0.1) is 0 Å². The molecule has 1 unspecified atom stereocenters. The van der Waals surface area contributed by atoms with Gasteiger partial charge in [-0.3, -0.25) is 9.78 Å². The summed E-state index contributed by atoms with van der Waals surface area (Å²) in [6, 6.07) is 3.65. The lowest BCUT2D eigenvalue weighted by atomic mass is 10.1. The maximum absolute atomic E-state index is 11.9. The van der Waals surface area contributed by atoms with Crippen molar-refractivity contribution in [3.05, 3.63) is 48.3 Å². The highest BCUT2D eigenvalue weighted by Gasteiger charge is 2.14. The van der Waals surface area contributed by atoms with E-state index >= 15 is 0 Å². The molecule has 0 aliphatic carbocycles. The summed E-state index contributed by atoms with van der Waals surface area (Å²) in [5.74, 6) is 0.767. The Morgan fingerprint density at radius 2 is 2.39 bits per heavy atom. The highest BCUT2D eigenvalue weighted by atomic mass is 16.1. The van der Waals surface area contributed by atoms with Gasteiger partial charge in [-0.2, -0.15) is 0 Å². The van der Waals surface area contributed by atoms with Gasteiger partial charge >= 0.3 is 0 Å². The van der Waals surface area contributed by atoms with E-state index in [-0.39, 0.29) is 11.9 Å².